The fourth-order valence-electron chi connectivity index (χ4n) is 5.46. The van der Waals surface area contributed by atoms with Crippen LogP contribution in [-0.2, 0) is 14.4 Å². The van der Waals surface area contributed by atoms with Crippen molar-refractivity contribution in [3.63, 3.8) is 0 Å². The zero-order valence-corrected chi connectivity index (χ0v) is 22.6. The summed E-state index contributed by atoms with van der Waals surface area (Å²) < 4.78 is 0. The van der Waals surface area contributed by atoms with Crippen molar-refractivity contribution in [3.05, 3.63) is 29.8 Å². The average molecular weight is 499 g/mol. The van der Waals surface area contributed by atoms with Crippen molar-refractivity contribution in [1.82, 2.24) is 15.1 Å². The second kappa shape index (κ2) is 14.2. The lowest BCUT2D eigenvalue weighted by Crippen LogP contribution is -2.51. The van der Waals surface area contributed by atoms with E-state index in [9.17, 15) is 14.4 Å². The number of aryl methyl sites for hydroxylation is 1. The van der Waals surface area contributed by atoms with E-state index in [1.807, 2.05) is 4.90 Å². The summed E-state index contributed by atoms with van der Waals surface area (Å²) in [4.78, 5) is 41.7. The third-order valence-electron chi connectivity index (χ3n) is 7.80. The van der Waals surface area contributed by atoms with E-state index in [1.165, 1.54) is 24.8 Å². The molecule has 1 aliphatic heterocycles. The van der Waals surface area contributed by atoms with Crippen molar-refractivity contribution in [2.75, 3.05) is 38.0 Å². The maximum Gasteiger partial charge on any atom is 0.223 e. The highest BCUT2D eigenvalue weighted by Crippen LogP contribution is 2.30. The predicted molar refractivity (Wildman–Crippen MR) is 145 cm³/mol. The van der Waals surface area contributed by atoms with Gasteiger partial charge in [0.1, 0.15) is 0 Å². The summed E-state index contributed by atoms with van der Waals surface area (Å²) in [5.74, 6) is 0.379. The minimum atomic E-state index is -0.278. The van der Waals surface area contributed by atoms with Gasteiger partial charge in [-0.05, 0) is 51.2 Å². The van der Waals surface area contributed by atoms with Crippen molar-refractivity contribution in [2.45, 2.75) is 84.6 Å². The van der Waals surface area contributed by atoms with Gasteiger partial charge in [0, 0.05) is 63.7 Å². The number of carbonyl (C=O) groups is 3. The molecule has 1 saturated carbocycles. The minimum absolute atomic E-state index is 0.0234. The lowest BCUT2D eigenvalue weighted by molar-refractivity contribution is -0.141. The van der Waals surface area contributed by atoms with Gasteiger partial charge in [-0.3, -0.25) is 14.4 Å². The van der Waals surface area contributed by atoms with Gasteiger partial charge in [0.15, 0.2) is 0 Å². The van der Waals surface area contributed by atoms with Crippen molar-refractivity contribution in [2.24, 2.45) is 11.8 Å². The van der Waals surface area contributed by atoms with Crippen molar-refractivity contribution >= 4 is 23.4 Å². The summed E-state index contributed by atoms with van der Waals surface area (Å²) in [6.45, 7) is 8.84. The molecule has 2 fully saturated rings. The summed E-state index contributed by atoms with van der Waals surface area (Å²) in [5.41, 5.74) is 2.36. The van der Waals surface area contributed by atoms with E-state index in [-0.39, 0.29) is 36.1 Å². The highest BCUT2D eigenvalue weighted by atomic mass is 16.2. The van der Waals surface area contributed by atoms with Crippen LogP contribution in [0.3, 0.4) is 0 Å². The number of nitrogens with zero attached hydrogens (tertiary/aromatic N) is 2. The molecule has 1 saturated heterocycles. The highest BCUT2D eigenvalue weighted by Gasteiger charge is 2.30. The average Bonchev–Trinajstić information content (AvgIpc) is 2.88. The molecular weight excluding hydrogens is 452 g/mol. The van der Waals surface area contributed by atoms with E-state index in [0.29, 0.717) is 32.1 Å². The topological polar surface area (TPSA) is 81.8 Å². The summed E-state index contributed by atoms with van der Waals surface area (Å²) >= 11 is 0. The lowest BCUT2D eigenvalue weighted by Gasteiger charge is -2.35. The van der Waals surface area contributed by atoms with E-state index in [2.05, 4.69) is 48.7 Å². The van der Waals surface area contributed by atoms with Gasteiger partial charge in [-0.1, -0.05) is 49.8 Å². The first-order valence-electron chi connectivity index (χ1n) is 14.0. The molecule has 0 unspecified atom stereocenters. The van der Waals surface area contributed by atoms with E-state index in [0.717, 1.165) is 44.3 Å². The molecule has 0 radical (unpaired) electrons. The molecule has 0 spiro atoms. The molecule has 7 heteroatoms. The van der Waals surface area contributed by atoms with Crippen LogP contribution in [0.2, 0.25) is 0 Å². The van der Waals surface area contributed by atoms with Crippen LogP contribution >= 0.6 is 0 Å². The van der Waals surface area contributed by atoms with Crippen LogP contribution < -0.4 is 10.6 Å². The van der Waals surface area contributed by atoms with Gasteiger partial charge in [-0.15, -0.1) is 0 Å². The monoisotopic (exact) mass is 498 g/mol. The maximum absolute atomic E-state index is 13.3. The largest absolute Gasteiger partial charge is 0.385 e. The predicted octanol–water partition coefficient (Wildman–Crippen LogP) is 4.36. The molecule has 1 aliphatic carbocycles. The van der Waals surface area contributed by atoms with Crippen LogP contribution in [0.1, 0.15) is 77.2 Å². The van der Waals surface area contributed by atoms with E-state index >= 15 is 0 Å². The quantitative estimate of drug-likeness (QED) is 0.444. The van der Waals surface area contributed by atoms with E-state index < -0.39 is 0 Å². The number of nitrogens with one attached hydrogen (secondary N) is 2. The van der Waals surface area contributed by atoms with Crippen molar-refractivity contribution < 1.29 is 14.4 Å². The fraction of sp³-hybridized carbons (Fsp3) is 0.690. The molecule has 1 aromatic carbocycles. The Labute approximate surface area is 217 Å². The molecule has 7 nitrogen and oxygen atoms in total. The second-order valence-electron chi connectivity index (χ2n) is 10.9. The second-order valence-corrected chi connectivity index (χ2v) is 10.9. The Morgan fingerprint density at radius 2 is 1.61 bits per heavy atom. The van der Waals surface area contributed by atoms with Gasteiger partial charge >= 0.3 is 0 Å². The summed E-state index contributed by atoms with van der Waals surface area (Å²) in [7, 11) is 0. The Balaban J connectivity index is 1.48. The van der Waals surface area contributed by atoms with Crippen LogP contribution in [0.15, 0.2) is 24.3 Å². The van der Waals surface area contributed by atoms with Gasteiger partial charge in [-0.25, -0.2) is 0 Å². The Morgan fingerprint density at radius 1 is 0.972 bits per heavy atom. The Kier molecular flexibility index (Phi) is 11.1. The smallest absolute Gasteiger partial charge is 0.223 e. The molecular formula is C29H46N4O3. The molecule has 3 rings (SSSR count). The molecule has 0 bridgehead atoms. The Bertz CT molecular complexity index is 843. The molecule has 200 valence electrons. The number of benzene rings is 1. The van der Waals surface area contributed by atoms with Crippen LogP contribution in [-0.4, -0.2) is 66.3 Å². The zero-order chi connectivity index (χ0) is 25.9. The van der Waals surface area contributed by atoms with Gasteiger partial charge in [0.25, 0.3) is 0 Å². The molecule has 0 aromatic heterocycles. The molecule has 2 aliphatic rings. The third-order valence-corrected chi connectivity index (χ3v) is 7.80. The summed E-state index contributed by atoms with van der Waals surface area (Å²) in [5, 5.41) is 6.66. The van der Waals surface area contributed by atoms with Crippen LogP contribution in [0.4, 0.5) is 5.69 Å². The minimum Gasteiger partial charge on any atom is -0.385 e. The molecule has 3 amide bonds. The summed E-state index contributed by atoms with van der Waals surface area (Å²) in [6.07, 6.45) is 8.97. The molecule has 36 heavy (non-hydrogen) atoms. The van der Waals surface area contributed by atoms with E-state index in [1.54, 1.807) is 11.8 Å². The molecule has 2 atom stereocenters. The molecule has 1 aromatic rings. The third kappa shape index (κ3) is 9.14. The SMILES string of the molecule is CC(=O)N1CCN(C(=O)C[C@@H](CC2CCCCC2)C(=O)N[C@@H](C)CCCNc2ccc(C)cc2)CC1. The number of rotatable bonds is 11. The first kappa shape index (κ1) is 28.0. The Morgan fingerprint density at radius 3 is 2.25 bits per heavy atom. The number of piperazine rings is 1. The van der Waals surface area contributed by atoms with Crippen LogP contribution in [0, 0.1) is 18.8 Å². The van der Waals surface area contributed by atoms with Gasteiger partial charge in [0.05, 0.1) is 0 Å². The van der Waals surface area contributed by atoms with Gasteiger partial charge < -0.3 is 20.4 Å². The van der Waals surface area contributed by atoms with Gasteiger partial charge in [-0.2, -0.15) is 0 Å². The Hall–Kier alpha value is -2.57. The summed E-state index contributed by atoms with van der Waals surface area (Å²) in [6, 6.07) is 8.45. The first-order valence-corrected chi connectivity index (χ1v) is 14.0. The normalized spacial score (nSPS) is 18.4. The van der Waals surface area contributed by atoms with Crippen LogP contribution in [0.25, 0.3) is 0 Å². The number of hydrogen-bond donors (Lipinski definition) is 2. The van der Waals surface area contributed by atoms with Crippen molar-refractivity contribution in [3.8, 4) is 0 Å². The number of amides is 3. The fourth-order valence-corrected chi connectivity index (χ4v) is 5.46. The van der Waals surface area contributed by atoms with E-state index in [4.69, 9.17) is 0 Å². The van der Waals surface area contributed by atoms with Crippen molar-refractivity contribution in [1.29, 1.82) is 0 Å². The number of carbonyl (C=O) groups excluding carboxylic acids is 3. The van der Waals surface area contributed by atoms with Gasteiger partial charge in [0.2, 0.25) is 17.7 Å². The number of hydrogen-bond acceptors (Lipinski definition) is 4. The highest BCUT2D eigenvalue weighted by molar-refractivity contribution is 5.86. The molecule has 1 heterocycles. The lowest BCUT2D eigenvalue weighted by atomic mass is 9.81. The number of anilines is 1. The molecule has 2 N–H and O–H groups in total. The first-order chi connectivity index (χ1) is 17.3. The standard InChI is InChI=1S/C29H46N4O3/c1-22-11-13-27(14-12-22)30-15-7-8-23(2)31-29(36)26(20-25-9-5-4-6-10-25)21-28(35)33-18-16-32(17-19-33)24(3)34/h11-14,23,25-26,30H,4-10,15-21H2,1-3H3,(H,31,36)/t23-,26+/m0/s1. The zero-order valence-electron chi connectivity index (χ0n) is 22.6. The maximum atomic E-state index is 13.3. The van der Waals surface area contributed by atoms with Crippen LogP contribution in [0.5, 0.6) is 0 Å².